The Hall–Kier alpha value is -2.05. The Morgan fingerprint density at radius 3 is 2.82 bits per heavy atom. The maximum Gasteiger partial charge on any atom is 0.253 e. The molecule has 0 aliphatic carbocycles. The van der Waals surface area contributed by atoms with E-state index in [1.54, 1.807) is 25.3 Å². The molecule has 0 aromatic heterocycles. The number of nitrogen functional groups attached to an aromatic ring is 1. The van der Waals surface area contributed by atoms with Crippen LogP contribution in [0.25, 0.3) is 0 Å². The van der Waals surface area contributed by atoms with Gasteiger partial charge >= 0.3 is 0 Å². The van der Waals surface area contributed by atoms with Crippen molar-refractivity contribution in [2.75, 3.05) is 31.3 Å². The van der Waals surface area contributed by atoms with Crippen LogP contribution in [0.5, 0.6) is 0 Å². The van der Waals surface area contributed by atoms with Crippen molar-refractivity contribution in [3.8, 4) is 0 Å². The van der Waals surface area contributed by atoms with Crippen LogP contribution in [0.3, 0.4) is 0 Å². The highest BCUT2D eigenvalue weighted by molar-refractivity contribution is 9.10. The lowest BCUT2D eigenvalue weighted by atomic mass is 10.1. The number of nitrogens with two attached hydrogens (primary N) is 1. The van der Waals surface area contributed by atoms with E-state index < -0.39 is 0 Å². The third kappa shape index (κ3) is 4.47. The SMILES string of the molecule is COCCNC(=O)c1cc(N)ccc1Nc1cccc(Br)c1. The highest BCUT2D eigenvalue weighted by Gasteiger charge is 2.12. The van der Waals surface area contributed by atoms with Crippen molar-refractivity contribution < 1.29 is 9.53 Å². The van der Waals surface area contributed by atoms with E-state index >= 15 is 0 Å². The Morgan fingerprint density at radius 2 is 2.09 bits per heavy atom. The highest BCUT2D eigenvalue weighted by atomic mass is 79.9. The zero-order valence-corrected chi connectivity index (χ0v) is 13.8. The second-order valence-electron chi connectivity index (χ2n) is 4.69. The van der Waals surface area contributed by atoms with Crippen LogP contribution in [0.2, 0.25) is 0 Å². The number of carbonyl (C=O) groups is 1. The normalized spacial score (nSPS) is 10.3. The maximum absolute atomic E-state index is 12.3. The Kier molecular flexibility index (Phi) is 5.80. The number of hydrogen-bond donors (Lipinski definition) is 3. The molecule has 0 aliphatic rings. The summed E-state index contributed by atoms with van der Waals surface area (Å²) in [5.74, 6) is -0.193. The van der Waals surface area contributed by atoms with E-state index in [1.807, 2.05) is 24.3 Å². The molecular weight excluding hydrogens is 346 g/mol. The predicted octanol–water partition coefficient (Wildman–Crippen LogP) is 3.15. The van der Waals surface area contributed by atoms with Crippen LogP contribution >= 0.6 is 15.9 Å². The molecule has 22 heavy (non-hydrogen) atoms. The molecule has 6 heteroatoms. The van der Waals surface area contributed by atoms with Crippen LogP contribution in [0.4, 0.5) is 17.1 Å². The third-order valence-corrected chi connectivity index (χ3v) is 3.48. The summed E-state index contributed by atoms with van der Waals surface area (Å²) in [5, 5.41) is 6.03. The number of anilines is 3. The molecule has 0 heterocycles. The van der Waals surface area contributed by atoms with Gasteiger partial charge in [-0.3, -0.25) is 4.79 Å². The number of methoxy groups -OCH3 is 1. The molecule has 2 aromatic rings. The standard InChI is InChI=1S/C16H18BrN3O2/c1-22-8-7-19-16(21)14-10-12(18)5-6-15(14)20-13-4-2-3-11(17)9-13/h2-6,9-10,20H,7-8,18H2,1H3,(H,19,21). The first-order chi connectivity index (χ1) is 10.6. The smallest absolute Gasteiger partial charge is 0.253 e. The minimum Gasteiger partial charge on any atom is -0.399 e. The molecule has 0 saturated heterocycles. The van der Waals surface area contributed by atoms with Gasteiger partial charge in [-0.25, -0.2) is 0 Å². The first-order valence-corrected chi connectivity index (χ1v) is 7.58. The van der Waals surface area contributed by atoms with Gasteiger partial charge in [0.15, 0.2) is 0 Å². The molecule has 0 bridgehead atoms. The van der Waals surface area contributed by atoms with Gasteiger partial charge in [0.2, 0.25) is 0 Å². The minimum absolute atomic E-state index is 0.193. The molecule has 4 N–H and O–H groups in total. The van der Waals surface area contributed by atoms with Crippen LogP contribution in [-0.2, 0) is 4.74 Å². The fourth-order valence-electron chi connectivity index (χ4n) is 1.94. The number of benzene rings is 2. The average Bonchev–Trinajstić information content (AvgIpc) is 2.49. The van der Waals surface area contributed by atoms with Gasteiger partial charge in [0.05, 0.1) is 17.9 Å². The van der Waals surface area contributed by atoms with Crippen LogP contribution in [0.15, 0.2) is 46.9 Å². The summed E-state index contributed by atoms with van der Waals surface area (Å²) in [6.07, 6.45) is 0. The molecule has 116 valence electrons. The van der Waals surface area contributed by atoms with E-state index in [0.717, 1.165) is 10.2 Å². The lowest BCUT2D eigenvalue weighted by Gasteiger charge is -2.13. The number of amides is 1. The van der Waals surface area contributed by atoms with E-state index in [0.29, 0.717) is 30.1 Å². The summed E-state index contributed by atoms with van der Waals surface area (Å²) in [7, 11) is 1.59. The van der Waals surface area contributed by atoms with Gasteiger partial charge in [-0.05, 0) is 36.4 Å². The molecule has 0 aliphatic heterocycles. The van der Waals surface area contributed by atoms with Crippen LogP contribution in [0.1, 0.15) is 10.4 Å². The second-order valence-corrected chi connectivity index (χ2v) is 5.60. The Morgan fingerprint density at radius 1 is 1.27 bits per heavy atom. The van der Waals surface area contributed by atoms with Crippen LogP contribution in [0, 0.1) is 0 Å². The van der Waals surface area contributed by atoms with Crippen molar-refractivity contribution in [3.63, 3.8) is 0 Å². The summed E-state index contributed by atoms with van der Waals surface area (Å²) in [4.78, 5) is 12.3. The molecule has 2 aromatic carbocycles. The van der Waals surface area contributed by atoms with Crippen molar-refractivity contribution >= 4 is 38.9 Å². The fraction of sp³-hybridized carbons (Fsp3) is 0.188. The quantitative estimate of drug-likeness (QED) is 0.544. The van der Waals surface area contributed by atoms with E-state index in [4.69, 9.17) is 10.5 Å². The zero-order valence-electron chi connectivity index (χ0n) is 12.2. The summed E-state index contributed by atoms with van der Waals surface area (Å²) >= 11 is 3.42. The highest BCUT2D eigenvalue weighted by Crippen LogP contribution is 2.25. The van der Waals surface area contributed by atoms with Crippen molar-refractivity contribution in [2.45, 2.75) is 0 Å². The van der Waals surface area contributed by atoms with Crippen LogP contribution in [-0.4, -0.2) is 26.2 Å². The molecule has 0 atom stereocenters. The van der Waals surface area contributed by atoms with E-state index in [1.165, 1.54) is 0 Å². The average molecular weight is 364 g/mol. The molecular formula is C16H18BrN3O2. The molecule has 0 spiro atoms. The molecule has 0 saturated carbocycles. The number of halogens is 1. The Bertz CT molecular complexity index is 662. The number of carbonyl (C=O) groups excluding carboxylic acids is 1. The lowest BCUT2D eigenvalue weighted by Crippen LogP contribution is -2.27. The number of rotatable bonds is 6. The molecule has 2 rings (SSSR count). The summed E-state index contributed by atoms with van der Waals surface area (Å²) < 4.78 is 5.89. The van der Waals surface area contributed by atoms with Gasteiger partial charge in [0, 0.05) is 29.5 Å². The van der Waals surface area contributed by atoms with Crippen molar-refractivity contribution in [1.29, 1.82) is 0 Å². The Balaban J connectivity index is 2.22. The molecule has 0 radical (unpaired) electrons. The second kappa shape index (κ2) is 7.82. The summed E-state index contributed by atoms with van der Waals surface area (Å²) in [6, 6.07) is 12.9. The largest absolute Gasteiger partial charge is 0.399 e. The molecule has 5 nitrogen and oxygen atoms in total. The van der Waals surface area contributed by atoms with Gasteiger partial charge in [-0.1, -0.05) is 22.0 Å². The minimum atomic E-state index is -0.193. The van der Waals surface area contributed by atoms with Crippen molar-refractivity contribution in [3.05, 3.63) is 52.5 Å². The fourth-order valence-corrected chi connectivity index (χ4v) is 2.34. The van der Waals surface area contributed by atoms with Crippen molar-refractivity contribution in [1.82, 2.24) is 5.32 Å². The number of nitrogens with one attached hydrogen (secondary N) is 2. The van der Waals surface area contributed by atoms with Gasteiger partial charge < -0.3 is 21.1 Å². The van der Waals surface area contributed by atoms with Gasteiger partial charge in [-0.15, -0.1) is 0 Å². The van der Waals surface area contributed by atoms with Crippen LogP contribution < -0.4 is 16.4 Å². The maximum atomic E-state index is 12.3. The number of hydrogen-bond acceptors (Lipinski definition) is 4. The topological polar surface area (TPSA) is 76.4 Å². The predicted molar refractivity (Wildman–Crippen MR) is 92.5 cm³/mol. The molecule has 0 fully saturated rings. The zero-order chi connectivity index (χ0) is 15.9. The molecule has 1 amide bonds. The first-order valence-electron chi connectivity index (χ1n) is 6.79. The van der Waals surface area contributed by atoms with Gasteiger partial charge in [-0.2, -0.15) is 0 Å². The van der Waals surface area contributed by atoms with Gasteiger partial charge in [0.25, 0.3) is 5.91 Å². The monoisotopic (exact) mass is 363 g/mol. The summed E-state index contributed by atoms with van der Waals surface area (Å²) in [6.45, 7) is 0.906. The third-order valence-electron chi connectivity index (χ3n) is 2.98. The number of ether oxygens (including phenoxy) is 1. The summed E-state index contributed by atoms with van der Waals surface area (Å²) in [5.41, 5.74) is 8.41. The molecule has 0 unspecified atom stereocenters. The van der Waals surface area contributed by atoms with E-state index in [2.05, 4.69) is 26.6 Å². The Labute approximate surface area is 138 Å². The van der Waals surface area contributed by atoms with Gasteiger partial charge in [0.1, 0.15) is 0 Å². The first kappa shape index (κ1) is 16.3. The van der Waals surface area contributed by atoms with Crippen molar-refractivity contribution in [2.24, 2.45) is 0 Å². The van der Waals surface area contributed by atoms with E-state index in [9.17, 15) is 4.79 Å². The van der Waals surface area contributed by atoms with E-state index in [-0.39, 0.29) is 5.91 Å². The lowest BCUT2D eigenvalue weighted by molar-refractivity contribution is 0.0938.